The molecule has 1 aliphatic rings. The third-order valence-corrected chi connectivity index (χ3v) is 5.44. The fraction of sp³-hybridized carbons (Fsp3) is 0.364. The summed E-state index contributed by atoms with van der Waals surface area (Å²) >= 11 is 0. The summed E-state index contributed by atoms with van der Waals surface area (Å²) in [5.41, 5.74) is 4.31. The van der Waals surface area contributed by atoms with Crippen LogP contribution in [0.15, 0.2) is 60.3 Å². The van der Waals surface area contributed by atoms with Gasteiger partial charge in [0.2, 0.25) is 0 Å². The van der Waals surface area contributed by atoms with Crippen LogP contribution in [0.3, 0.4) is 0 Å². The highest BCUT2D eigenvalue weighted by molar-refractivity contribution is 5.37. The second-order valence-electron chi connectivity index (χ2n) is 7.62. The quantitative estimate of drug-likeness (QED) is 0.560. The van der Waals surface area contributed by atoms with Gasteiger partial charge < -0.3 is 10.5 Å². The van der Waals surface area contributed by atoms with E-state index < -0.39 is 35.0 Å². The summed E-state index contributed by atoms with van der Waals surface area (Å²) in [6.07, 6.45) is -7.98. The molecule has 3 rings (SSSR count). The van der Waals surface area contributed by atoms with Crippen LogP contribution in [-0.4, -0.2) is 6.61 Å². The largest absolute Gasteiger partial charge is 0.416 e. The number of benzene rings is 2. The predicted molar refractivity (Wildman–Crippen MR) is 100 cm³/mol. The van der Waals surface area contributed by atoms with Crippen molar-refractivity contribution in [2.45, 2.75) is 43.6 Å². The molecule has 2 N–H and O–H groups in total. The van der Waals surface area contributed by atoms with Crippen molar-refractivity contribution < 1.29 is 31.1 Å². The third kappa shape index (κ3) is 4.64. The van der Waals surface area contributed by atoms with Crippen molar-refractivity contribution >= 4 is 0 Å². The Morgan fingerprint density at radius 2 is 1.50 bits per heavy atom. The maximum atomic E-state index is 13.1. The van der Waals surface area contributed by atoms with Crippen LogP contribution in [0.5, 0.6) is 0 Å². The molecule has 0 saturated heterocycles. The molecule has 0 bridgehead atoms. The van der Waals surface area contributed by atoms with Crippen molar-refractivity contribution in [3.8, 4) is 0 Å². The highest BCUT2D eigenvalue weighted by atomic mass is 19.4. The van der Waals surface area contributed by atoms with Crippen molar-refractivity contribution in [2.24, 2.45) is 5.73 Å². The lowest BCUT2D eigenvalue weighted by atomic mass is 9.62. The van der Waals surface area contributed by atoms with Crippen LogP contribution in [0.1, 0.15) is 48.1 Å². The Balaban J connectivity index is 1.85. The monoisotopic (exact) mass is 429 g/mol. The van der Waals surface area contributed by atoms with E-state index in [1.54, 1.807) is 0 Å². The minimum Gasteiger partial charge on any atom is -0.405 e. The van der Waals surface area contributed by atoms with Gasteiger partial charge in [0.25, 0.3) is 0 Å². The van der Waals surface area contributed by atoms with Crippen LogP contribution < -0.4 is 5.73 Å². The number of hydrogen-bond donors (Lipinski definition) is 1. The fourth-order valence-corrected chi connectivity index (χ4v) is 3.71. The van der Waals surface area contributed by atoms with Gasteiger partial charge in [-0.15, -0.1) is 0 Å². The number of alkyl halides is 6. The van der Waals surface area contributed by atoms with Crippen molar-refractivity contribution in [2.75, 3.05) is 6.61 Å². The Hall–Kier alpha value is -2.48. The van der Waals surface area contributed by atoms with Gasteiger partial charge in [-0.3, -0.25) is 0 Å². The molecular weight excluding hydrogens is 408 g/mol. The van der Waals surface area contributed by atoms with Gasteiger partial charge >= 0.3 is 12.4 Å². The van der Waals surface area contributed by atoms with E-state index in [0.29, 0.717) is 25.0 Å². The van der Waals surface area contributed by atoms with Gasteiger partial charge in [0.1, 0.15) is 0 Å². The minimum absolute atomic E-state index is 0.117. The Morgan fingerprint density at radius 3 is 1.97 bits per heavy atom. The highest BCUT2D eigenvalue weighted by Crippen LogP contribution is 2.48. The molecule has 0 radical (unpaired) electrons. The van der Waals surface area contributed by atoms with E-state index in [-0.39, 0.29) is 18.2 Å². The molecule has 30 heavy (non-hydrogen) atoms. The molecule has 2 aromatic rings. The highest BCUT2D eigenvalue weighted by Gasteiger charge is 2.43. The second-order valence-corrected chi connectivity index (χ2v) is 7.62. The van der Waals surface area contributed by atoms with Gasteiger partial charge in [-0.05, 0) is 55.3 Å². The Kier molecular flexibility index (Phi) is 5.91. The first-order valence-electron chi connectivity index (χ1n) is 9.31. The number of hydrogen-bond acceptors (Lipinski definition) is 2. The van der Waals surface area contributed by atoms with Gasteiger partial charge in [-0.1, -0.05) is 35.9 Å². The molecule has 0 heterocycles. The van der Waals surface area contributed by atoms with E-state index in [1.165, 1.54) is 13.1 Å². The van der Waals surface area contributed by atoms with E-state index >= 15 is 0 Å². The summed E-state index contributed by atoms with van der Waals surface area (Å²) in [4.78, 5) is 0. The summed E-state index contributed by atoms with van der Waals surface area (Å²) in [5.74, 6) is 0. The van der Waals surface area contributed by atoms with Gasteiger partial charge in [0.15, 0.2) is 0 Å². The Bertz CT molecular complexity index is 877. The first-order valence-corrected chi connectivity index (χ1v) is 9.31. The summed E-state index contributed by atoms with van der Waals surface area (Å²) in [6.45, 7) is 1.60. The van der Waals surface area contributed by atoms with Gasteiger partial charge in [-0.2, -0.15) is 26.3 Å². The molecule has 2 aromatic carbocycles. The SMILES string of the molecule is C[C@@H](OCC1(c2ccccc2)CC(=CN)C1)c1cc(C(F)(F)F)cc(C(F)(F)F)c1. The normalized spacial score (nSPS) is 20.6. The van der Waals surface area contributed by atoms with Crippen LogP contribution >= 0.6 is 0 Å². The van der Waals surface area contributed by atoms with Crippen molar-refractivity contribution in [3.63, 3.8) is 0 Å². The van der Waals surface area contributed by atoms with Crippen LogP contribution in [0, 0.1) is 0 Å². The molecule has 2 nitrogen and oxygen atoms in total. The van der Waals surface area contributed by atoms with E-state index in [0.717, 1.165) is 11.1 Å². The molecule has 0 spiro atoms. The Morgan fingerprint density at radius 1 is 0.967 bits per heavy atom. The zero-order valence-electron chi connectivity index (χ0n) is 16.1. The minimum atomic E-state index is -4.89. The van der Waals surface area contributed by atoms with E-state index in [1.807, 2.05) is 30.3 Å². The molecule has 0 aromatic heterocycles. The summed E-state index contributed by atoms with van der Waals surface area (Å²) in [7, 11) is 0. The van der Waals surface area contributed by atoms with Crippen LogP contribution in [0.2, 0.25) is 0 Å². The molecule has 1 saturated carbocycles. The lowest BCUT2D eigenvalue weighted by Crippen LogP contribution is -2.41. The third-order valence-electron chi connectivity index (χ3n) is 5.44. The lowest BCUT2D eigenvalue weighted by molar-refractivity contribution is -0.143. The topological polar surface area (TPSA) is 35.2 Å². The lowest BCUT2D eigenvalue weighted by Gasteiger charge is -2.44. The van der Waals surface area contributed by atoms with Crippen LogP contribution in [-0.2, 0) is 22.5 Å². The molecule has 0 unspecified atom stereocenters. The van der Waals surface area contributed by atoms with Gasteiger partial charge in [-0.25, -0.2) is 0 Å². The van der Waals surface area contributed by atoms with E-state index in [2.05, 4.69) is 0 Å². The fourth-order valence-electron chi connectivity index (χ4n) is 3.71. The van der Waals surface area contributed by atoms with Crippen molar-refractivity contribution in [3.05, 3.63) is 82.6 Å². The zero-order chi connectivity index (χ0) is 22.2. The average molecular weight is 429 g/mol. The molecule has 1 atom stereocenters. The van der Waals surface area contributed by atoms with E-state index in [9.17, 15) is 26.3 Å². The maximum absolute atomic E-state index is 13.1. The number of ether oxygens (including phenoxy) is 1. The Labute approximate surface area is 170 Å². The summed E-state index contributed by atoms with van der Waals surface area (Å²) in [6, 6.07) is 11.0. The smallest absolute Gasteiger partial charge is 0.405 e. The van der Waals surface area contributed by atoms with Crippen LogP contribution in [0.25, 0.3) is 0 Å². The maximum Gasteiger partial charge on any atom is 0.416 e. The molecule has 1 aliphatic carbocycles. The van der Waals surface area contributed by atoms with Gasteiger partial charge in [0, 0.05) is 5.41 Å². The molecule has 162 valence electrons. The second kappa shape index (κ2) is 7.98. The standard InChI is InChI=1S/C22H21F6NO/c1-14(16-7-18(21(23,24)25)9-19(8-16)22(26,27)28)30-13-20(10-15(11-20)12-29)17-5-3-2-4-6-17/h2-9,12,14H,10-11,13,29H2,1H3/t14-,20?/m1/s1. The number of allylic oxidation sites excluding steroid dienone is 1. The number of rotatable bonds is 5. The average Bonchev–Trinajstić information content (AvgIpc) is 2.66. The zero-order valence-corrected chi connectivity index (χ0v) is 16.1. The molecule has 0 amide bonds. The van der Waals surface area contributed by atoms with Crippen LogP contribution in [0.4, 0.5) is 26.3 Å². The van der Waals surface area contributed by atoms with E-state index in [4.69, 9.17) is 10.5 Å². The first kappa shape index (κ1) is 22.2. The molecule has 0 aliphatic heterocycles. The summed E-state index contributed by atoms with van der Waals surface area (Å²) in [5, 5.41) is 0. The molecule has 1 fully saturated rings. The predicted octanol–water partition coefficient (Wildman–Crippen LogP) is 6.38. The van der Waals surface area contributed by atoms with Crippen molar-refractivity contribution in [1.29, 1.82) is 0 Å². The number of nitrogens with two attached hydrogens (primary N) is 1. The first-order chi connectivity index (χ1) is 13.9. The molecular formula is C22H21F6NO. The van der Waals surface area contributed by atoms with Gasteiger partial charge in [0.05, 0.1) is 23.8 Å². The van der Waals surface area contributed by atoms with Crippen molar-refractivity contribution in [1.82, 2.24) is 0 Å². The number of halogens is 6. The summed E-state index contributed by atoms with van der Waals surface area (Å²) < 4.78 is 84.5. The molecule has 8 heteroatoms.